The smallest absolute Gasteiger partial charge is 0.320 e. The van der Waals surface area contributed by atoms with Gasteiger partial charge in [0.05, 0.1) is 13.1 Å². The van der Waals surface area contributed by atoms with Crippen molar-refractivity contribution in [2.75, 3.05) is 53.4 Å². The Morgan fingerprint density at radius 1 is 0.760 bits per heavy atom. The Morgan fingerprint density at radius 2 is 1.08 bits per heavy atom. The summed E-state index contributed by atoms with van der Waals surface area (Å²) in [5, 5.41) is 3.30. The van der Waals surface area contributed by atoms with E-state index in [9.17, 15) is 9.59 Å². The molecule has 148 valence electrons. The number of hydrogen-bond donors (Lipinski definition) is 1. The maximum Gasteiger partial charge on any atom is 0.320 e. The van der Waals surface area contributed by atoms with Gasteiger partial charge in [-0.2, -0.15) is 0 Å². The molecule has 0 unspecified atom stereocenters. The van der Waals surface area contributed by atoms with Crippen molar-refractivity contribution in [3.63, 3.8) is 0 Å². The topological polar surface area (TPSA) is 71.1 Å². The van der Waals surface area contributed by atoms with Crippen LogP contribution in [-0.2, 0) is 19.1 Å². The van der Waals surface area contributed by atoms with E-state index in [0.29, 0.717) is 0 Å². The minimum absolute atomic E-state index is 0.216. The van der Waals surface area contributed by atoms with Gasteiger partial charge in [0.2, 0.25) is 0 Å². The molecule has 0 rings (SSSR count). The Hall–Kier alpha value is -1.18. The molecule has 7 nitrogen and oxygen atoms in total. The van der Waals surface area contributed by atoms with E-state index in [2.05, 4.69) is 5.32 Å². The first-order valence-electron chi connectivity index (χ1n) is 8.80. The summed E-state index contributed by atoms with van der Waals surface area (Å²) in [4.78, 5) is 27.3. The Labute approximate surface area is 153 Å². The van der Waals surface area contributed by atoms with E-state index < -0.39 is 11.2 Å². The first kappa shape index (κ1) is 23.8. The Kier molecular flexibility index (Phi) is 10.2. The fourth-order valence-corrected chi connectivity index (χ4v) is 2.01. The number of esters is 2. The summed E-state index contributed by atoms with van der Waals surface area (Å²) in [7, 11) is 3.78. The third-order valence-electron chi connectivity index (χ3n) is 2.98. The lowest BCUT2D eigenvalue weighted by Gasteiger charge is -2.23. The van der Waals surface area contributed by atoms with Crippen molar-refractivity contribution in [2.45, 2.75) is 52.7 Å². The number of ether oxygens (including phenoxy) is 2. The number of rotatable bonds is 10. The zero-order valence-corrected chi connectivity index (χ0v) is 17.3. The molecule has 0 saturated carbocycles. The van der Waals surface area contributed by atoms with E-state index in [1.54, 1.807) is 0 Å². The van der Waals surface area contributed by atoms with E-state index in [1.165, 1.54) is 0 Å². The molecule has 25 heavy (non-hydrogen) atoms. The monoisotopic (exact) mass is 359 g/mol. The average Bonchev–Trinajstić information content (AvgIpc) is 2.32. The van der Waals surface area contributed by atoms with E-state index in [0.717, 1.165) is 26.2 Å². The van der Waals surface area contributed by atoms with E-state index in [4.69, 9.17) is 9.47 Å². The maximum atomic E-state index is 11.7. The molecule has 0 radical (unpaired) electrons. The van der Waals surface area contributed by atoms with Crippen molar-refractivity contribution >= 4 is 11.9 Å². The standard InChI is InChI=1S/C18H37N3O4/c1-17(2,3)24-15(22)13-20(7)11-9-19-10-12-21(8)14-16(23)25-18(4,5)6/h19H,9-14H2,1-8H3. The lowest BCUT2D eigenvalue weighted by molar-refractivity contribution is -0.156. The zero-order valence-electron chi connectivity index (χ0n) is 17.3. The van der Waals surface area contributed by atoms with Crippen LogP contribution >= 0.6 is 0 Å². The molecule has 0 aliphatic rings. The Bertz CT molecular complexity index is 376. The number of carbonyl (C=O) groups is 2. The zero-order chi connectivity index (χ0) is 19.7. The van der Waals surface area contributed by atoms with Gasteiger partial charge in [0, 0.05) is 26.2 Å². The summed E-state index contributed by atoms with van der Waals surface area (Å²) >= 11 is 0. The van der Waals surface area contributed by atoms with Gasteiger partial charge in [0.15, 0.2) is 0 Å². The summed E-state index contributed by atoms with van der Waals surface area (Å²) in [5.41, 5.74) is -0.899. The summed E-state index contributed by atoms with van der Waals surface area (Å²) in [6.07, 6.45) is 0. The number of nitrogens with one attached hydrogen (secondary N) is 1. The van der Waals surface area contributed by atoms with E-state index in [1.807, 2.05) is 65.4 Å². The first-order valence-corrected chi connectivity index (χ1v) is 8.80. The second-order valence-electron chi connectivity index (χ2n) is 8.40. The van der Waals surface area contributed by atoms with Crippen LogP contribution < -0.4 is 5.32 Å². The lowest BCUT2D eigenvalue weighted by Crippen LogP contribution is -2.39. The molecule has 1 N–H and O–H groups in total. The maximum absolute atomic E-state index is 11.7. The van der Waals surface area contributed by atoms with Crippen molar-refractivity contribution in [2.24, 2.45) is 0 Å². The van der Waals surface area contributed by atoms with Gasteiger partial charge in [-0.3, -0.25) is 19.4 Å². The van der Waals surface area contributed by atoms with Gasteiger partial charge in [-0.05, 0) is 55.6 Å². The summed E-state index contributed by atoms with van der Waals surface area (Å²) in [6.45, 7) is 14.7. The van der Waals surface area contributed by atoms with Crippen LogP contribution in [0.2, 0.25) is 0 Å². The van der Waals surface area contributed by atoms with Gasteiger partial charge < -0.3 is 14.8 Å². The van der Waals surface area contributed by atoms with Gasteiger partial charge in [-0.1, -0.05) is 0 Å². The van der Waals surface area contributed by atoms with Crippen molar-refractivity contribution in [3.05, 3.63) is 0 Å². The molecule has 0 amide bonds. The summed E-state index contributed by atoms with van der Waals surface area (Å²) < 4.78 is 10.6. The Balaban J connectivity index is 3.77. The van der Waals surface area contributed by atoms with Gasteiger partial charge >= 0.3 is 11.9 Å². The van der Waals surface area contributed by atoms with Crippen LogP contribution in [0.5, 0.6) is 0 Å². The molecular formula is C18H37N3O4. The molecule has 0 aliphatic heterocycles. The molecule has 0 saturated heterocycles. The third-order valence-corrected chi connectivity index (χ3v) is 2.98. The molecule has 0 spiro atoms. The van der Waals surface area contributed by atoms with Crippen molar-refractivity contribution < 1.29 is 19.1 Å². The highest BCUT2D eigenvalue weighted by molar-refractivity contribution is 5.72. The molecule has 0 aromatic rings. The molecule has 0 bridgehead atoms. The number of hydrogen-bond acceptors (Lipinski definition) is 7. The number of likely N-dealkylation sites (N-methyl/N-ethyl adjacent to an activating group) is 2. The minimum Gasteiger partial charge on any atom is -0.459 e. The molecule has 0 heterocycles. The van der Waals surface area contributed by atoms with Crippen molar-refractivity contribution in [1.82, 2.24) is 15.1 Å². The molecule has 0 aliphatic carbocycles. The highest BCUT2D eigenvalue weighted by Crippen LogP contribution is 2.07. The molecule has 7 heteroatoms. The van der Waals surface area contributed by atoms with Gasteiger partial charge in [-0.15, -0.1) is 0 Å². The van der Waals surface area contributed by atoms with Crippen LogP contribution in [0.15, 0.2) is 0 Å². The summed E-state index contributed by atoms with van der Waals surface area (Å²) in [5.74, 6) is -0.431. The molecule has 0 atom stereocenters. The van der Waals surface area contributed by atoms with Crippen molar-refractivity contribution in [1.29, 1.82) is 0 Å². The van der Waals surface area contributed by atoms with Crippen LogP contribution in [0.25, 0.3) is 0 Å². The van der Waals surface area contributed by atoms with E-state index >= 15 is 0 Å². The highest BCUT2D eigenvalue weighted by Gasteiger charge is 2.18. The molecule has 0 aromatic carbocycles. The minimum atomic E-state index is -0.450. The fourth-order valence-electron chi connectivity index (χ4n) is 2.01. The van der Waals surface area contributed by atoms with Crippen LogP contribution in [0.3, 0.4) is 0 Å². The van der Waals surface area contributed by atoms with E-state index in [-0.39, 0.29) is 25.0 Å². The lowest BCUT2D eigenvalue weighted by atomic mass is 10.2. The predicted molar refractivity (Wildman–Crippen MR) is 99.6 cm³/mol. The van der Waals surface area contributed by atoms with Crippen LogP contribution in [0.4, 0.5) is 0 Å². The first-order chi connectivity index (χ1) is 11.3. The van der Waals surface area contributed by atoms with Crippen LogP contribution in [-0.4, -0.2) is 86.3 Å². The highest BCUT2D eigenvalue weighted by atomic mass is 16.6. The van der Waals surface area contributed by atoms with Crippen LogP contribution in [0, 0.1) is 0 Å². The molecule has 0 fully saturated rings. The number of nitrogens with zero attached hydrogens (tertiary/aromatic N) is 2. The molecule has 0 aromatic heterocycles. The Morgan fingerprint density at radius 3 is 1.36 bits per heavy atom. The SMILES string of the molecule is CN(CCNCCN(C)CC(=O)OC(C)(C)C)CC(=O)OC(C)(C)C. The van der Waals surface area contributed by atoms with Crippen LogP contribution in [0.1, 0.15) is 41.5 Å². The second-order valence-corrected chi connectivity index (χ2v) is 8.40. The van der Waals surface area contributed by atoms with Gasteiger partial charge in [0.25, 0.3) is 0 Å². The fraction of sp³-hybridized carbons (Fsp3) is 0.889. The number of carbonyl (C=O) groups excluding carboxylic acids is 2. The van der Waals surface area contributed by atoms with Crippen molar-refractivity contribution in [3.8, 4) is 0 Å². The second kappa shape index (κ2) is 10.7. The largest absolute Gasteiger partial charge is 0.459 e. The normalized spacial score (nSPS) is 12.6. The van der Waals surface area contributed by atoms with Gasteiger partial charge in [-0.25, -0.2) is 0 Å². The predicted octanol–water partition coefficient (Wildman–Crippen LogP) is 1.12. The third kappa shape index (κ3) is 16.1. The summed E-state index contributed by atoms with van der Waals surface area (Å²) in [6, 6.07) is 0. The molecular weight excluding hydrogens is 322 g/mol. The quantitative estimate of drug-likeness (QED) is 0.463. The average molecular weight is 360 g/mol. The van der Waals surface area contributed by atoms with Gasteiger partial charge in [0.1, 0.15) is 11.2 Å².